The molecular weight excluding hydrogens is 209 g/mol. The van der Waals surface area contributed by atoms with Gasteiger partial charge < -0.3 is 10.5 Å². The first kappa shape index (κ1) is 10.4. The molecule has 0 radical (unpaired) electrons. The lowest BCUT2D eigenvalue weighted by Crippen LogP contribution is -1.99. The van der Waals surface area contributed by atoms with Crippen LogP contribution in [0.4, 0.5) is 10.3 Å². The van der Waals surface area contributed by atoms with Gasteiger partial charge in [-0.1, -0.05) is 12.1 Å². The highest BCUT2D eigenvalue weighted by Gasteiger charge is 2.04. The number of benzene rings is 1. The highest BCUT2D eigenvalue weighted by Crippen LogP contribution is 2.20. The third-order valence-electron chi connectivity index (χ3n) is 1.90. The van der Waals surface area contributed by atoms with Crippen LogP contribution in [0.1, 0.15) is 5.56 Å². The summed E-state index contributed by atoms with van der Waals surface area (Å²) in [7, 11) is 0. The van der Waals surface area contributed by atoms with Gasteiger partial charge in [-0.3, -0.25) is 0 Å². The van der Waals surface area contributed by atoms with Crippen LogP contribution >= 0.6 is 0 Å². The lowest BCUT2D eigenvalue weighted by Gasteiger charge is -2.05. The predicted octanol–water partition coefficient (Wildman–Crippen LogP) is 2.30. The first-order valence-electron chi connectivity index (χ1n) is 4.68. The fourth-order valence-corrected chi connectivity index (χ4v) is 1.27. The Morgan fingerprint density at radius 2 is 2.06 bits per heavy atom. The van der Waals surface area contributed by atoms with Crippen LogP contribution in [0.5, 0.6) is 11.6 Å². The molecule has 1 aromatic carbocycles. The second-order valence-electron chi connectivity index (χ2n) is 3.31. The molecule has 1 heterocycles. The molecule has 0 saturated heterocycles. The summed E-state index contributed by atoms with van der Waals surface area (Å²) in [5.74, 6) is -0.189. The Hall–Kier alpha value is -2.17. The van der Waals surface area contributed by atoms with Crippen molar-refractivity contribution in [3.63, 3.8) is 0 Å². The van der Waals surface area contributed by atoms with Crippen LogP contribution in [0.15, 0.2) is 30.3 Å². The van der Waals surface area contributed by atoms with Gasteiger partial charge >= 0.3 is 0 Å². The van der Waals surface area contributed by atoms with E-state index in [0.29, 0.717) is 5.75 Å². The van der Waals surface area contributed by atoms with Crippen molar-refractivity contribution < 1.29 is 9.13 Å². The molecule has 2 aromatic rings. The molecule has 0 bridgehead atoms. The summed E-state index contributed by atoms with van der Waals surface area (Å²) in [5.41, 5.74) is 6.34. The summed E-state index contributed by atoms with van der Waals surface area (Å²) in [6.07, 6.45) is 0. The molecule has 0 aliphatic rings. The number of rotatable bonds is 2. The zero-order chi connectivity index (χ0) is 11.5. The lowest BCUT2D eigenvalue weighted by molar-refractivity contribution is 0.452. The number of hydrogen-bond acceptors (Lipinski definition) is 4. The number of nitrogens with zero attached hydrogens (tertiary/aromatic N) is 2. The normalized spacial score (nSPS) is 10.1. The summed E-state index contributed by atoms with van der Waals surface area (Å²) in [6, 6.07) is 8.42. The van der Waals surface area contributed by atoms with Gasteiger partial charge in [-0.25, -0.2) is 0 Å². The van der Waals surface area contributed by atoms with Crippen molar-refractivity contribution in [1.29, 1.82) is 0 Å². The quantitative estimate of drug-likeness (QED) is 0.787. The maximum Gasteiger partial charge on any atom is 0.227 e. The number of ether oxygens (including phenoxy) is 1. The summed E-state index contributed by atoms with van der Waals surface area (Å²) in [5, 5.41) is 0. The standard InChI is InChI=1S/C11H10FN3O/c1-7-3-2-4-8(5-7)16-10-6-9(12)14-11(13)15-10/h2-6H,1H3,(H2,13,14,15). The van der Waals surface area contributed by atoms with Crippen LogP contribution in [-0.2, 0) is 0 Å². The van der Waals surface area contributed by atoms with Crippen LogP contribution in [-0.4, -0.2) is 9.97 Å². The third-order valence-corrected chi connectivity index (χ3v) is 1.90. The van der Waals surface area contributed by atoms with E-state index in [1.807, 2.05) is 25.1 Å². The van der Waals surface area contributed by atoms with Crippen LogP contribution < -0.4 is 10.5 Å². The molecule has 4 nitrogen and oxygen atoms in total. The Labute approximate surface area is 91.9 Å². The van der Waals surface area contributed by atoms with Gasteiger partial charge in [-0.2, -0.15) is 14.4 Å². The second-order valence-corrected chi connectivity index (χ2v) is 3.31. The first-order valence-corrected chi connectivity index (χ1v) is 4.68. The number of aromatic nitrogens is 2. The van der Waals surface area contributed by atoms with E-state index in [2.05, 4.69) is 9.97 Å². The molecule has 0 aliphatic heterocycles. The van der Waals surface area contributed by atoms with Crippen molar-refractivity contribution in [2.24, 2.45) is 0 Å². The molecule has 0 fully saturated rings. The van der Waals surface area contributed by atoms with Crippen LogP contribution in [0.2, 0.25) is 0 Å². The second kappa shape index (κ2) is 4.14. The molecule has 5 heteroatoms. The van der Waals surface area contributed by atoms with Crippen LogP contribution in [0.25, 0.3) is 0 Å². The van der Waals surface area contributed by atoms with Crippen LogP contribution in [0.3, 0.4) is 0 Å². The van der Waals surface area contributed by atoms with Crippen molar-refractivity contribution in [2.75, 3.05) is 5.73 Å². The SMILES string of the molecule is Cc1cccc(Oc2cc(F)nc(N)n2)c1. The average Bonchev–Trinajstić information content (AvgIpc) is 2.15. The number of nitrogen functional groups attached to an aromatic ring is 1. The van der Waals surface area contributed by atoms with Crippen molar-refractivity contribution in [1.82, 2.24) is 9.97 Å². The van der Waals surface area contributed by atoms with Gasteiger partial charge in [-0.05, 0) is 24.6 Å². The highest BCUT2D eigenvalue weighted by atomic mass is 19.1. The molecule has 0 unspecified atom stereocenters. The van der Waals surface area contributed by atoms with E-state index in [1.165, 1.54) is 0 Å². The molecule has 82 valence electrons. The van der Waals surface area contributed by atoms with E-state index in [1.54, 1.807) is 6.07 Å². The van der Waals surface area contributed by atoms with E-state index >= 15 is 0 Å². The Bertz CT molecular complexity index is 496. The zero-order valence-corrected chi connectivity index (χ0v) is 8.64. The molecule has 0 aliphatic carbocycles. The Balaban J connectivity index is 2.27. The van der Waals surface area contributed by atoms with Gasteiger partial charge in [0.1, 0.15) is 5.75 Å². The maximum absolute atomic E-state index is 12.9. The minimum Gasteiger partial charge on any atom is -0.439 e. The predicted molar refractivity (Wildman–Crippen MR) is 57.7 cm³/mol. The van der Waals surface area contributed by atoms with Crippen LogP contribution in [0, 0.1) is 12.9 Å². The fraction of sp³-hybridized carbons (Fsp3) is 0.0909. The van der Waals surface area contributed by atoms with Crippen molar-refractivity contribution in [3.8, 4) is 11.6 Å². The van der Waals surface area contributed by atoms with Gasteiger partial charge in [-0.15, -0.1) is 0 Å². The zero-order valence-electron chi connectivity index (χ0n) is 8.64. The molecular formula is C11H10FN3O. The maximum atomic E-state index is 12.9. The minimum atomic E-state index is -0.713. The number of nitrogens with two attached hydrogens (primary N) is 1. The van der Waals surface area contributed by atoms with Crippen molar-refractivity contribution in [2.45, 2.75) is 6.92 Å². The summed E-state index contributed by atoms with van der Waals surface area (Å²) < 4.78 is 18.2. The smallest absolute Gasteiger partial charge is 0.227 e. The highest BCUT2D eigenvalue weighted by molar-refractivity contribution is 5.32. The molecule has 0 spiro atoms. The van der Waals surface area contributed by atoms with Gasteiger partial charge in [0.25, 0.3) is 0 Å². The Morgan fingerprint density at radius 1 is 1.25 bits per heavy atom. The molecule has 0 atom stereocenters. The van der Waals surface area contributed by atoms with Gasteiger partial charge in [0.15, 0.2) is 0 Å². The van der Waals surface area contributed by atoms with E-state index in [4.69, 9.17) is 10.5 Å². The topological polar surface area (TPSA) is 61.0 Å². The lowest BCUT2D eigenvalue weighted by atomic mass is 10.2. The van der Waals surface area contributed by atoms with E-state index < -0.39 is 5.95 Å². The van der Waals surface area contributed by atoms with Crippen molar-refractivity contribution in [3.05, 3.63) is 41.8 Å². The largest absolute Gasteiger partial charge is 0.439 e. The molecule has 2 N–H and O–H groups in total. The minimum absolute atomic E-state index is 0.0931. The Kier molecular flexibility index (Phi) is 2.68. The number of halogens is 1. The third kappa shape index (κ3) is 2.44. The van der Waals surface area contributed by atoms with Gasteiger partial charge in [0.05, 0.1) is 6.07 Å². The van der Waals surface area contributed by atoms with E-state index in [0.717, 1.165) is 11.6 Å². The molecule has 16 heavy (non-hydrogen) atoms. The fourth-order valence-electron chi connectivity index (χ4n) is 1.27. The molecule has 2 rings (SSSR count). The van der Waals surface area contributed by atoms with E-state index in [9.17, 15) is 4.39 Å². The summed E-state index contributed by atoms with van der Waals surface area (Å²) in [4.78, 5) is 7.08. The monoisotopic (exact) mass is 219 g/mol. The summed E-state index contributed by atoms with van der Waals surface area (Å²) in [6.45, 7) is 1.93. The Morgan fingerprint density at radius 3 is 2.75 bits per heavy atom. The molecule has 0 amide bonds. The average molecular weight is 219 g/mol. The first-order chi connectivity index (χ1) is 7.63. The van der Waals surface area contributed by atoms with E-state index in [-0.39, 0.29) is 11.8 Å². The summed E-state index contributed by atoms with van der Waals surface area (Å²) >= 11 is 0. The number of hydrogen-bond donors (Lipinski definition) is 1. The molecule has 1 aromatic heterocycles. The number of anilines is 1. The van der Waals surface area contributed by atoms with Gasteiger partial charge in [0.2, 0.25) is 17.8 Å². The van der Waals surface area contributed by atoms with Crippen molar-refractivity contribution >= 4 is 5.95 Å². The number of aryl methyl sites for hydroxylation is 1. The van der Waals surface area contributed by atoms with Gasteiger partial charge in [0, 0.05) is 0 Å². The molecule has 0 saturated carbocycles.